The highest BCUT2D eigenvalue weighted by atomic mass is 35.5. The summed E-state index contributed by atoms with van der Waals surface area (Å²) in [6, 6.07) is 5.16. The minimum absolute atomic E-state index is 0.182. The molecule has 2 aliphatic heterocycles. The van der Waals surface area contributed by atoms with Crippen molar-refractivity contribution in [1.82, 2.24) is 0 Å². The first kappa shape index (κ1) is 11.5. The Kier molecular flexibility index (Phi) is 2.56. The van der Waals surface area contributed by atoms with Gasteiger partial charge >= 0.3 is 0 Å². The molecule has 0 unspecified atom stereocenters. The molecular formula is C13H10ClNO3. The van der Waals surface area contributed by atoms with E-state index >= 15 is 0 Å². The predicted octanol–water partition coefficient (Wildman–Crippen LogP) is 1.52. The monoisotopic (exact) mass is 263 g/mol. The largest absolute Gasteiger partial charge is 0.336 e. The molecule has 0 aromatic heterocycles. The number of halogens is 1. The van der Waals surface area contributed by atoms with Gasteiger partial charge in [-0.05, 0) is 18.2 Å². The van der Waals surface area contributed by atoms with Gasteiger partial charge in [-0.2, -0.15) is 0 Å². The Morgan fingerprint density at radius 1 is 1.44 bits per heavy atom. The fourth-order valence-electron chi connectivity index (χ4n) is 2.35. The lowest BCUT2D eigenvalue weighted by molar-refractivity contribution is -0.180. The van der Waals surface area contributed by atoms with Crippen LogP contribution in [0.15, 0.2) is 18.2 Å². The van der Waals surface area contributed by atoms with Gasteiger partial charge < -0.3 is 9.47 Å². The zero-order valence-corrected chi connectivity index (χ0v) is 10.2. The molecule has 0 bridgehead atoms. The second-order valence-corrected chi connectivity index (χ2v) is 4.51. The molecule has 1 spiro atoms. The van der Waals surface area contributed by atoms with Crippen LogP contribution >= 0.6 is 11.6 Å². The third-order valence-corrected chi connectivity index (χ3v) is 3.31. The minimum Gasteiger partial charge on any atom is -0.336 e. The second kappa shape index (κ2) is 3.99. The average Bonchev–Trinajstić information content (AvgIpc) is 2.92. The standard InChI is InChI=1S/C13H10ClNO3/c1-2-5-15-11-4-3-9(14)8-10(11)13(12(15)16)17-6-7-18-13/h1,3-4,8H,5-7H2. The highest BCUT2D eigenvalue weighted by Crippen LogP contribution is 2.46. The normalized spacial score (nSPS) is 20.2. The maximum atomic E-state index is 12.4. The summed E-state index contributed by atoms with van der Waals surface area (Å²) in [7, 11) is 0. The van der Waals surface area contributed by atoms with Crippen LogP contribution in [0.4, 0.5) is 5.69 Å². The molecule has 2 heterocycles. The number of nitrogens with zero attached hydrogens (tertiary/aromatic N) is 1. The Morgan fingerprint density at radius 2 is 2.17 bits per heavy atom. The van der Waals surface area contributed by atoms with Crippen LogP contribution in [-0.2, 0) is 20.1 Å². The quantitative estimate of drug-likeness (QED) is 0.721. The molecule has 3 rings (SSSR count). The lowest BCUT2D eigenvalue weighted by Crippen LogP contribution is -2.41. The Labute approximate surface area is 109 Å². The first-order valence-corrected chi connectivity index (χ1v) is 5.90. The number of anilines is 1. The number of fused-ring (bicyclic) bond motifs is 2. The average molecular weight is 264 g/mol. The summed E-state index contributed by atoms with van der Waals surface area (Å²) >= 11 is 5.98. The molecule has 4 nitrogen and oxygen atoms in total. The van der Waals surface area contributed by atoms with E-state index in [0.29, 0.717) is 29.5 Å². The van der Waals surface area contributed by atoms with Crippen molar-refractivity contribution in [3.63, 3.8) is 0 Å². The van der Waals surface area contributed by atoms with E-state index in [2.05, 4.69) is 5.92 Å². The zero-order chi connectivity index (χ0) is 12.8. The topological polar surface area (TPSA) is 38.8 Å². The highest BCUT2D eigenvalue weighted by molar-refractivity contribution is 6.31. The van der Waals surface area contributed by atoms with Gasteiger partial charge in [0.1, 0.15) is 0 Å². The van der Waals surface area contributed by atoms with Gasteiger partial charge in [0, 0.05) is 10.6 Å². The molecular weight excluding hydrogens is 254 g/mol. The Morgan fingerprint density at radius 3 is 2.83 bits per heavy atom. The van der Waals surface area contributed by atoms with Crippen LogP contribution in [0.1, 0.15) is 5.56 Å². The molecule has 0 aliphatic carbocycles. The molecule has 18 heavy (non-hydrogen) atoms. The number of carbonyl (C=O) groups excluding carboxylic acids is 1. The number of ether oxygens (including phenoxy) is 2. The summed E-state index contributed by atoms with van der Waals surface area (Å²) in [6.45, 7) is 0.936. The molecule has 92 valence electrons. The van der Waals surface area contributed by atoms with E-state index in [1.165, 1.54) is 4.90 Å². The SMILES string of the molecule is C#CCN1C(=O)C2(OCCO2)c2cc(Cl)ccc21. The number of carbonyl (C=O) groups is 1. The van der Waals surface area contributed by atoms with E-state index in [1.54, 1.807) is 18.2 Å². The fraction of sp³-hybridized carbons (Fsp3) is 0.308. The molecule has 5 heteroatoms. The van der Waals surface area contributed by atoms with Crippen LogP contribution in [0.2, 0.25) is 5.02 Å². The number of benzene rings is 1. The van der Waals surface area contributed by atoms with Gasteiger partial charge in [-0.25, -0.2) is 0 Å². The maximum Gasteiger partial charge on any atom is 0.293 e. The summed E-state index contributed by atoms with van der Waals surface area (Å²) in [5, 5.41) is 0.530. The Hall–Kier alpha value is -1.54. The third kappa shape index (κ3) is 1.39. The summed E-state index contributed by atoms with van der Waals surface area (Å²) in [6.07, 6.45) is 5.29. The van der Waals surface area contributed by atoms with Crippen molar-refractivity contribution in [2.75, 3.05) is 24.7 Å². The maximum absolute atomic E-state index is 12.4. The van der Waals surface area contributed by atoms with Crippen molar-refractivity contribution in [2.45, 2.75) is 5.79 Å². The van der Waals surface area contributed by atoms with E-state index in [4.69, 9.17) is 27.5 Å². The van der Waals surface area contributed by atoms with Crippen LogP contribution in [-0.4, -0.2) is 25.7 Å². The molecule has 1 amide bonds. The van der Waals surface area contributed by atoms with E-state index in [9.17, 15) is 4.79 Å². The number of rotatable bonds is 1. The van der Waals surface area contributed by atoms with E-state index < -0.39 is 5.79 Å². The van der Waals surface area contributed by atoms with Crippen LogP contribution < -0.4 is 4.90 Å². The van der Waals surface area contributed by atoms with Crippen LogP contribution in [0, 0.1) is 12.3 Å². The zero-order valence-electron chi connectivity index (χ0n) is 9.48. The Bertz CT molecular complexity index is 558. The molecule has 1 aromatic rings. The molecule has 1 saturated heterocycles. The van der Waals surface area contributed by atoms with Gasteiger partial charge in [-0.1, -0.05) is 17.5 Å². The van der Waals surface area contributed by atoms with Gasteiger partial charge in [0.15, 0.2) is 0 Å². The van der Waals surface area contributed by atoms with Crippen LogP contribution in [0.25, 0.3) is 0 Å². The number of terminal acetylenes is 1. The van der Waals surface area contributed by atoms with Gasteiger partial charge in [0.2, 0.25) is 0 Å². The van der Waals surface area contributed by atoms with Gasteiger partial charge in [0.05, 0.1) is 25.4 Å². The van der Waals surface area contributed by atoms with Gasteiger partial charge in [-0.3, -0.25) is 9.69 Å². The third-order valence-electron chi connectivity index (χ3n) is 3.07. The van der Waals surface area contributed by atoms with Crippen LogP contribution in [0.5, 0.6) is 0 Å². The number of amides is 1. The highest BCUT2D eigenvalue weighted by Gasteiger charge is 2.55. The predicted molar refractivity (Wildman–Crippen MR) is 66.2 cm³/mol. The summed E-state index contributed by atoms with van der Waals surface area (Å²) in [5.74, 6) is 0.831. The van der Waals surface area contributed by atoms with E-state index in [-0.39, 0.29) is 12.5 Å². The first-order valence-electron chi connectivity index (χ1n) is 5.52. The summed E-state index contributed by atoms with van der Waals surface area (Å²) in [5.41, 5.74) is 1.33. The first-order chi connectivity index (χ1) is 8.69. The lowest BCUT2D eigenvalue weighted by atomic mass is 10.1. The number of hydrogen-bond donors (Lipinski definition) is 0. The van der Waals surface area contributed by atoms with Crippen molar-refractivity contribution in [3.8, 4) is 12.3 Å². The minimum atomic E-state index is -1.35. The molecule has 0 saturated carbocycles. The van der Waals surface area contributed by atoms with Crippen molar-refractivity contribution >= 4 is 23.2 Å². The van der Waals surface area contributed by atoms with Gasteiger partial charge in [0.25, 0.3) is 11.7 Å². The van der Waals surface area contributed by atoms with Crippen molar-refractivity contribution in [2.24, 2.45) is 0 Å². The second-order valence-electron chi connectivity index (χ2n) is 4.07. The molecule has 0 atom stereocenters. The van der Waals surface area contributed by atoms with Crippen molar-refractivity contribution < 1.29 is 14.3 Å². The summed E-state index contributed by atoms with van der Waals surface area (Å²) < 4.78 is 11.1. The van der Waals surface area contributed by atoms with Crippen molar-refractivity contribution in [1.29, 1.82) is 0 Å². The van der Waals surface area contributed by atoms with Gasteiger partial charge in [-0.15, -0.1) is 6.42 Å². The van der Waals surface area contributed by atoms with Crippen molar-refractivity contribution in [3.05, 3.63) is 28.8 Å². The smallest absolute Gasteiger partial charge is 0.293 e. The fourth-order valence-corrected chi connectivity index (χ4v) is 2.52. The molecule has 1 aromatic carbocycles. The lowest BCUT2D eigenvalue weighted by Gasteiger charge is -2.20. The van der Waals surface area contributed by atoms with E-state index in [0.717, 1.165) is 0 Å². The van der Waals surface area contributed by atoms with E-state index in [1.807, 2.05) is 0 Å². The molecule has 2 aliphatic rings. The summed E-state index contributed by atoms with van der Waals surface area (Å²) in [4.78, 5) is 13.9. The molecule has 0 radical (unpaired) electrons. The molecule has 0 N–H and O–H groups in total. The Balaban J connectivity index is 2.18. The van der Waals surface area contributed by atoms with Crippen LogP contribution in [0.3, 0.4) is 0 Å². The number of hydrogen-bond acceptors (Lipinski definition) is 3. The molecule has 1 fully saturated rings.